The number of carbonyl (C=O) groups is 1. The summed E-state index contributed by atoms with van der Waals surface area (Å²) in [5.74, 6) is -0.107. The standard InChI is InChI=1S/C9H11IN2O2/c1-14-9(13)5-2-3-6-7(4-5)11-12-8(6)10/h5H,2-4H2,1H3,(H,11,12)/t5-/m0/s1. The number of aromatic nitrogens is 2. The van der Waals surface area contributed by atoms with Crippen LogP contribution in [0.2, 0.25) is 0 Å². The molecule has 1 aliphatic carbocycles. The molecule has 1 aromatic rings. The highest BCUT2D eigenvalue weighted by atomic mass is 127. The summed E-state index contributed by atoms with van der Waals surface area (Å²) in [6, 6.07) is 0. The Morgan fingerprint density at radius 1 is 1.71 bits per heavy atom. The highest BCUT2D eigenvalue weighted by Gasteiger charge is 2.27. The molecule has 14 heavy (non-hydrogen) atoms. The van der Waals surface area contributed by atoms with Crippen molar-refractivity contribution in [1.29, 1.82) is 0 Å². The molecule has 0 amide bonds. The smallest absolute Gasteiger partial charge is 0.309 e. The van der Waals surface area contributed by atoms with Crippen molar-refractivity contribution in [2.24, 2.45) is 5.92 Å². The summed E-state index contributed by atoms with van der Waals surface area (Å²) in [5.41, 5.74) is 2.36. The van der Waals surface area contributed by atoms with Gasteiger partial charge in [0.1, 0.15) is 3.70 Å². The van der Waals surface area contributed by atoms with Gasteiger partial charge in [0.15, 0.2) is 0 Å². The third kappa shape index (κ3) is 1.65. The van der Waals surface area contributed by atoms with Crippen molar-refractivity contribution >= 4 is 28.6 Å². The van der Waals surface area contributed by atoms with Gasteiger partial charge in [0, 0.05) is 17.7 Å². The fourth-order valence-electron chi connectivity index (χ4n) is 1.83. The van der Waals surface area contributed by atoms with E-state index >= 15 is 0 Å². The Bertz CT molecular complexity index is 362. The van der Waals surface area contributed by atoms with E-state index in [9.17, 15) is 4.79 Å². The van der Waals surface area contributed by atoms with Crippen LogP contribution in [0.4, 0.5) is 0 Å². The maximum absolute atomic E-state index is 11.3. The van der Waals surface area contributed by atoms with Gasteiger partial charge in [0.2, 0.25) is 0 Å². The normalized spacial score (nSPS) is 20.3. The zero-order valence-electron chi connectivity index (χ0n) is 7.84. The second-order valence-electron chi connectivity index (χ2n) is 3.43. The van der Waals surface area contributed by atoms with Gasteiger partial charge in [-0.2, -0.15) is 5.10 Å². The zero-order valence-corrected chi connectivity index (χ0v) is 10.00. The van der Waals surface area contributed by atoms with Crippen LogP contribution in [0, 0.1) is 9.62 Å². The van der Waals surface area contributed by atoms with Crippen LogP contribution >= 0.6 is 22.6 Å². The Morgan fingerprint density at radius 3 is 3.21 bits per heavy atom. The third-order valence-electron chi connectivity index (χ3n) is 2.63. The summed E-state index contributed by atoms with van der Waals surface area (Å²) in [7, 11) is 1.44. The molecule has 2 rings (SSSR count). The molecule has 0 fully saturated rings. The molecule has 1 aromatic heterocycles. The number of hydrogen-bond donors (Lipinski definition) is 1. The van der Waals surface area contributed by atoms with E-state index in [-0.39, 0.29) is 11.9 Å². The molecule has 4 nitrogen and oxygen atoms in total. The monoisotopic (exact) mass is 306 g/mol. The van der Waals surface area contributed by atoms with E-state index in [4.69, 9.17) is 4.74 Å². The van der Waals surface area contributed by atoms with Crippen LogP contribution in [-0.4, -0.2) is 23.3 Å². The van der Waals surface area contributed by atoms with Crippen LogP contribution < -0.4 is 0 Å². The highest BCUT2D eigenvalue weighted by Crippen LogP contribution is 2.27. The molecule has 1 aliphatic rings. The number of methoxy groups -OCH3 is 1. The molecular formula is C9H11IN2O2. The van der Waals surface area contributed by atoms with E-state index in [0.717, 1.165) is 28.7 Å². The summed E-state index contributed by atoms with van der Waals surface area (Å²) >= 11 is 2.21. The second-order valence-corrected chi connectivity index (χ2v) is 4.46. The van der Waals surface area contributed by atoms with E-state index in [1.165, 1.54) is 12.7 Å². The first-order valence-corrected chi connectivity index (χ1v) is 5.59. The Hall–Kier alpha value is -0.590. The molecule has 1 atom stereocenters. The van der Waals surface area contributed by atoms with Crippen molar-refractivity contribution in [3.63, 3.8) is 0 Å². The van der Waals surface area contributed by atoms with Crippen molar-refractivity contribution < 1.29 is 9.53 Å². The average molecular weight is 306 g/mol. The highest BCUT2D eigenvalue weighted by molar-refractivity contribution is 14.1. The first-order valence-electron chi connectivity index (χ1n) is 4.51. The van der Waals surface area contributed by atoms with Crippen LogP contribution in [-0.2, 0) is 22.4 Å². The van der Waals surface area contributed by atoms with Crippen LogP contribution in [0.1, 0.15) is 17.7 Å². The molecule has 5 heteroatoms. The first-order chi connectivity index (χ1) is 6.72. The predicted molar refractivity (Wildman–Crippen MR) is 58.8 cm³/mol. The van der Waals surface area contributed by atoms with E-state index in [2.05, 4.69) is 32.8 Å². The number of H-pyrrole nitrogens is 1. The molecule has 0 saturated heterocycles. The van der Waals surface area contributed by atoms with Crippen LogP contribution in [0.15, 0.2) is 0 Å². The number of fused-ring (bicyclic) bond motifs is 1. The summed E-state index contributed by atoms with van der Waals surface area (Å²) in [5, 5.41) is 7.10. The molecule has 0 radical (unpaired) electrons. The predicted octanol–water partition coefficient (Wildman–Crippen LogP) is 1.29. The number of rotatable bonds is 1. The number of hydrogen-bond acceptors (Lipinski definition) is 3. The van der Waals surface area contributed by atoms with Gasteiger partial charge in [0.25, 0.3) is 0 Å². The number of aromatic amines is 1. The van der Waals surface area contributed by atoms with Crippen molar-refractivity contribution in [1.82, 2.24) is 10.2 Å². The van der Waals surface area contributed by atoms with Crippen LogP contribution in [0.25, 0.3) is 0 Å². The summed E-state index contributed by atoms with van der Waals surface area (Å²) in [4.78, 5) is 11.3. The van der Waals surface area contributed by atoms with Gasteiger partial charge in [0.05, 0.1) is 13.0 Å². The fraction of sp³-hybridized carbons (Fsp3) is 0.556. The number of halogens is 1. The van der Waals surface area contributed by atoms with Crippen molar-refractivity contribution in [3.8, 4) is 0 Å². The Kier molecular flexibility index (Phi) is 2.76. The van der Waals surface area contributed by atoms with Crippen molar-refractivity contribution in [2.75, 3.05) is 7.11 Å². The maximum Gasteiger partial charge on any atom is 0.309 e. The van der Waals surface area contributed by atoms with Gasteiger partial charge >= 0.3 is 5.97 Å². The lowest BCUT2D eigenvalue weighted by molar-refractivity contribution is -0.145. The lowest BCUT2D eigenvalue weighted by Crippen LogP contribution is -2.23. The van der Waals surface area contributed by atoms with Crippen LogP contribution in [0.5, 0.6) is 0 Å². The largest absolute Gasteiger partial charge is 0.469 e. The number of nitrogens with zero attached hydrogens (tertiary/aromatic N) is 1. The van der Waals surface area contributed by atoms with Gasteiger partial charge in [-0.05, 0) is 35.4 Å². The SMILES string of the molecule is COC(=O)[C@H]1CCc2c(I)n[nH]c2C1. The molecule has 0 aromatic carbocycles. The van der Waals surface area contributed by atoms with Crippen molar-refractivity contribution in [2.45, 2.75) is 19.3 Å². The summed E-state index contributed by atoms with van der Waals surface area (Å²) in [6.45, 7) is 0. The number of carbonyl (C=O) groups excluding carboxylic acids is 1. The number of esters is 1. The van der Waals surface area contributed by atoms with Crippen molar-refractivity contribution in [3.05, 3.63) is 15.0 Å². The number of ether oxygens (including phenoxy) is 1. The fourth-order valence-corrected chi connectivity index (χ4v) is 2.55. The Balaban J connectivity index is 2.18. The average Bonchev–Trinajstić information content (AvgIpc) is 2.59. The van der Waals surface area contributed by atoms with Gasteiger partial charge in [-0.15, -0.1) is 0 Å². The minimum Gasteiger partial charge on any atom is -0.469 e. The number of nitrogens with one attached hydrogen (secondary N) is 1. The topological polar surface area (TPSA) is 55.0 Å². The van der Waals surface area contributed by atoms with Gasteiger partial charge in [-0.25, -0.2) is 0 Å². The van der Waals surface area contributed by atoms with Gasteiger partial charge in [-0.1, -0.05) is 0 Å². The molecule has 0 aliphatic heterocycles. The van der Waals surface area contributed by atoms with E-state index in [1.54, 1.807) is 0 Å². The quantitative estimate of drug-likeness (QED) is 0.628. The van der Waals surface area contributed by atoms with Crippen LogP contribution in [0.3, 0.4) is 0 Å². The molecule has 1 N–H and O–H groups in total. The molecule has 76 valence electrons. The molecule has 0 bridgehead atoms. The molecular weight excluding hydrogens is 295 g/mol. The minimum atomic E-state index is -0.111. The van der Waals surface area contributed by atoms with Gasteiger partial charge in [-0.3, -0.25) is 9.89 Å². The van der Waals surface area contributed by atoms with E-state index in [0.29, 0.717) is 0 Å². The van der Waals surface area contributed by atoms with Gasteiger partial charge < -0.3 is 4.74 Å². The van der Waals surface area contributed by atoms with E-state index < -0.39 is 0 Å². The lowest BCUT2D eigenvalue weighted by Gasteiger charge is -2.19. The lowest BCUT2D eigenvalue weighted by atomic mass is 9.88. The zero-order chi connectivity index (χ0) is 10.1. The molecule has 1 heterocycles. The molecule has 0 unspecified atom stereocenters. The molecule has 0 saturated carbocycles. The molecule has 0 spiro atoms. The van der Waals surface area contributed by atoms with E-state index in [1.807, 2.05) is 0 Å². The minimum absolute atomic E-state index is 0.00347. The third-order valence-corrected chi connectivity index (χ3v) is 3.52. The summed E-state index contributed by atoms with van der Waals surface area (Å²) in [6.07, 6.45) is 2.52. The first kappa shape index (κ1) is 9.95. The second kappa shape index (κ2) is 3.88. The summed E-state index contributed by atoms with van der Waals surface area (Å²) < 4.78 is 5.77. The maximum atomic E-state index is 11.3. The Labute approximate surface area is 95.5 Å². The Morgan fingerprint density at radius 2 is 2.50 bits per heavy atom.